The van der Waals surface area contributed by atoms with Crippen molar-refractivity contribution < 1.29 is 9.16 Å². The summed E-state index contributed by atoms with van der Waals surface area (Å²) in [7, 11) is -1.81. The van der Waals surface area contributed by atoms with Gasteiger partial charge in [-0.3, -0.25) is 0 Å². The van der Waals surface area contributed by atoms with E-state index in [1.165, 1.54) is 0 Å². The molecule has 0 saturated carbocycles. The molecular formula is C11H21NO2Si. The van der Waals surface area contributed by atoms with Crippen LogP contribution >= 0.6 is 0 Å². The second kappa shape index (κ2) is 4.24. The van der Waals surface area contributed by atoms with Gasteiger partial charge in [0.25, 0.3) is 0 Å². The Labute approximate surface area is 93.5 Å². The molecule has 0 aliphatic carbocycles. The van der Waals surface area contributed by atoms with Gasteiger partial charge in [0.05, 0.1) is 18.8 Å². The van der Waals surface area contributed by atoms with Crippen molar-refractivity contribution in [2.75, 3.05) is 6.61 Å². The Morgan fingerprint density at radius 3 is 2.40 bits per heavy atom. The third kappa shape index (κ3) is 3.60. The summed E-state index contributed by atoms with van der Waals surface area (Å²) < 4.78 is 11.1. The standard InChI is InChI=1S/C11H21NO2Si/c1-11(2,3)15(4,5)14-9(7-12)6-10-8-13-10/h9-10H,6,8H2,1-5H3/t9-,10-/m1/s1. The van der Waals surface area contributed by atoms with Gasteiger partial charge in [-0.25, -0.2) is 0 Å². The van der Waals surface area contributed by atoms with E-state index >= 15 is 0 Å². The van der Waals surface area contributed by atoms with Gasteiger partial charge >= 0.3 is 0 Å². The van der Waals surface area contributed by atoms with Crippen molar-refractivity contribution in [3.63, 3.8) is 0 Å². The lowest BCUT2D eigenvalue weighted by Gasteiger charge is -2.37. The summed E-state index contributed by atoms with van der Waals surface area (Å²) in [6.45, 7) is 11.7. The van der Waals surface area contributed by atoms with Gasteiger partial charge in [0.1, 0.15) is 6.10 Å². The fraction of sp³-hybridized carbons (Fsp3) is 0.909. The second-order valence-electron chi connectivity index (χ2n) is 5.69. The number of hydrogen-bond acceptors (Lipinski definition) is 3. The van der Waals surface area contributed by atoms with Crippen molar-refractivity contribution in [2.24, 2.45) is 0 Å². The summed E-state index contributed by atoms with van der Waals surface area (Å²) in [6.07, 6.45) is 0.695. The van der Waals surface area contributed by atoms with Crippen molar-refractivity contribution in [1.29, 1.82) is 5.26 Å². The Bertz CT molecular complexity index is 261. The highest BCUT2D eigenvalue weighted by Gasteiger charge is 2.40. The van der Waals surface area contributed by atoms with Crippen molar-refractivity contribution in [2.45, 2.75) is 57.5 Å². The lowest BCUT2D eigenvalue weighted by molar-refractivity contribution is 0.205. The van der Waals surface area contributed by atoms with Crippen LogP contribution in [0.15, 0.2) is 0 Å². The van der Waals surface area contributed by atoms with Crippen LogP contribution in [-0.2, 0) is 9.16 Å². The highest BCUT2D eigenvalue weighted by atomic mass is 28.4. The van der Waals surface area contributed by atoms with Crippen molar-refractivity contribution in [1.82, 2.24) is 0 Å². The number of nitrogens with zero attached hydrogens (tertiary/aromatic N) is 1. The minimum absolute atomic E-state index is 0.159. The highest BCUT2D eigenvalue weighted by molar-refractivity contribution is 6.74. The van der Waals surface area contributed by atoms with E-state index in [4.69, 9.17) is 14.4 Å². The number of rotatable bonds is 4. The van der Waals surface area contributed by atoms with Crippen LogP contribution in [0.4, 0.5) is 0 Å². The third-order valence-electron chi connectivity index (χ3n) is 3.27. The molecule has 1 rings (SSSR count). The first-order chi connectivity index (χ1) is 6.76. The zero-order valence-electron chi connectivity index (χ0n) is 10.3. The van der Waals surface area contributed by atoms with E-state index < -0.39 is 8.32 Å². The molecule has 3 nitrogen and oxygen atoms in total. The Morgan fingerprint density at radius 2 is 2.07 bits per heavy atom. The topological polar surface area (TPSA) is 45.5 Å². The molecule has 0 radical (unpaired) electrons. The summed E-state index contributed by atoms with van der Waals surface area (Å²) in [5, 5.41) is 9.18. The summed E-state index contributed by atoms with van der Waals surface area (Å²) in [6, 6.07) is 2.23. The first-order valence-electron chi connectivity index (χ1n) is 5.45. The molecule has 1 saturated heterocycles. The molecule has 0 bridgehead atoms. The van der Waals surface area contributed by atoms with Crippen LogP contribution in [0.1, 0.15) is 27.2 Å². The van der Waals surface area contributed by atoms with E-state index in [1.807, 2.05) is 0 Å². The lowest BCUT2D eigenvalue weighted by atomic mass is 10.2. The van der Waals surface area contributed by atoms with Gasteiger partial charge in [0.15, 0.2) is 8.32 Å². The average Bonchev–Trinajstić information content (AvgIpc) is 2.84. The van der Waals surface area contributed by atoms with Crippen LogP contribution in [0.5, 0.6) is 0 Å². The third-order valence-corrected chi connectivity index (χ3v) is 7.75. The molecule has 0 unspecified atom stereocenters. The molecule has 1 fully saturated rings. The first-order valence-corrected chi connectivity index (χ1v) is 8.36. The van der Waals surface area contributed by atoms with Crippen molar-refractivity contribution >= 4 is 8.32 Å². The lowest BCUT2D eigenvalue weighted by Crippen LogP contribution is -2.43. The van der Waals surface area contributed by atoms with E-state index in [0.717, 1.165) is 13.0 Å². The van der Waals surface area contributed by atoms with E-state index in [9.17, 15) is 0 Å². The van der Waals surface area contributed by atoms with E-state index in [2.05, 4.69) is 39.9 Å². The van der Waals surface area contributed by atoms with Crippen LogP contribution < -0.4 is 0 Å². The maximum absolute atomic E-state index is 9.02. The highest BCUT2D eigenvalue weighted by Crippen LogP contribution is 2.38. The number of nitriles is 1. The molecule has 0 aromatic heterocycles. The summed E-state index contributed by atoms with van der Waals surface area (Å²) in [4.78, 5) is 0. The predicted molar refractivity (Wildman–Crippen MR) is 62.0 cm³/mol. The van der Waals surface area contributed by atoms with E-state index in [1.54, 1.807) is 0 Å². The summed E-state index contributed by atoms with van der Waals surface area (Å²) >= 11 is 0. The Morgan fingerprint density at radius 1 is 1.53 bits per heavy atom. The van der Waals surface area contributed by atoms with Crippen LogP contribution in [0, 0.1) is 11.3 Å². The first kappa shape index (κ1) is 12.7. The van der Waals surface area contributed by atoms with Gasteiger partial charge in [-0.2, -0.15) is 5.26 Å². The molecule has 15 heavy (non-hydrogen) atoms. The summed E-state index contributed by atoms with van der Waals surface area (Å²) in [5.74, 6) is 0. The number of ether oxygens (including phenoxy) is 1. The van der Waals surface area contributed by atoms with Gasteiger partial charge in [-0.1, -0.05) is 20.8 Å². The molecule has 1 heterocycles. The zero-order chi connectivity index (χ0) is 11.7. The molecule has 0 spiro atoms. The maximum atomic E-state index is 9.02. The molecule has 0 aromatic rings. The van der Waals surface area contributed by atoms with E-state index in [-0.39, 0.29) is 17.2 Å². The molecule has 0 amide bonds. The fourth-order valence-electron chi connectivity index (χ4n) is 1.10. The molecule has 1 aliphatic heterocycles. The number of epoxide rings is 1. The molecule has 1 aliphatic rings. The molecule has 0 N–H and O–H groups in total. The zero-order valence-corrected chi connectivity index (χ0v) is 11.3. The average molecular weight is 227 g/mol. The van der Waals surface area contributed by atoms with Crippen LogP contribution in [0.25, 0.3) is 0 Å². The smallest absolute Gasteiger partial charge is 0.193 e. The second-order valence-corrected chi connectivity index (χ2v) is 10.4. The number of hydrogen-bond donors (Lipinski definition) is 0. The minimum Gasteiger partial charge on any atom is -0.401 e. The van der Waals surface area contributed by atoms with Crippen molar-refractivity contribution in [3.05, 3.63) is 0 Å². The van der Waals surface area contributed by atoms with Crippen molar-refractivity contribution in [3.8, 4) is 6.07 Å². The molecule has 2 atom stereocenters. The van der Waals surface area contributed by atoms with Crippen LogP contribution in [-0.4, -0.2) is 27.1 Å². The molecule has 0 aromatic carbocycles. The van der Waals surface area contributed by atoms with Gasteiger partial charge < -0.3 is 9.16 Å². The van der Waals surface area contributed by atoms with Gasteiger partial charge in [0, 0.05) is 6.42 Å². The van der Waals surface area contributed by atoms with Crippen LogP contribution in [0.2, 0.25) is 18.1 Å². The Balaban J connectivity index is 2.53. The SMILES string of the molecule is CC(C)(C)[Si](C)(C)O[C@@H](C#N)C[C@@H]1CO1. The molecular weight excluding hydrogens is 206 g/mol. The normalized spacial score (nSPS) is 23.3. The van der Waals surface area contributed by atoms with Gasteiger partial charge in [-0.15, -0.1) is 0 Å². The Kier molecular flexibility index (Phi) is 3.59. The predicted octanol–water partition coefficient (Wildman–Crippen LogP) is 2.69. The fourth-order valence-corrected chi connectivity index (χ4v) is 2.32. The quantitative estimate of drug-likeness (QED) is 0.548. The monoisotopic (exact) mass is 227 g/mol. The van der Waals surface area contributed by atoms with Gasteiger partial charge in [-0.05, 0) is 18.1 Å². The summed E-state index contributed by atoms with van der Waals surface area (Å²) in [5.41, 5.74) is 0. The van der Waals surface area contributed by atoms with E-state index in [0.29, 0.717) is 0 Å². The Hall–Kier alpha value is -0.373. The largest absolute Gasteiger partial charge is 0.401 e. The minimum atomic E-state index is -1.81. The molecule has 4 heteroatoms. The van der Waals surface area contributed by atoms with Gasteiger partial charge in [0.2, 0.25) is 0 Å². The maximum Gasteiger partial charge on any atom is 0.193 e. The molecule has 86 valence electrons. The van der Waals surface area contributed by atoms with Crippen LogP contribution in [0.3, 0.4) is 0 Å².